The van der Waals surface area contributed by atoms with Gasteiger partial charge in [-0.15, -0.1) is 0 Å². The molecule has 0 N–H and O–H groups in total. The first-order valence-electron chi connectivity index (χ1n) is 8.85. The predicted molar refractivity (Wildman–Crippen MR) is 106 cm³/mol. The van der Waals surface area contributed by atoms with E-state index in [-0.39, 0.29) is 10.9 Å². The Kier molecular flexibility index (Phi) is 6.30. The van der Waals surface area contributed by atoms with Crippen LogP contribution < -0.4 is 0 Å². The third-order valence-corrected chi connectivity index (χ3v) is 5.91. The van der Waals surface area contributed by atoms with E-state index in [1.54, 1.807) is 0 Å². The standard InChI is InChI=1S/C22H28O2P/c1-16-14-19(22(3,4)5)15-17(2)20(16)21(23)25(24)13-9-12-18-10-7-6-8-11-18/h6-8,10-11,14-15H,9,12-13H2,1-5H3/q+1. The van der Waals surface area contributed by atoms with Gasteiger partial charge in [0, 0.05) is 0 Å². The van der Waals surface area contributed by atoms with Crippen molar-refractivity contribution in [3.63, 3.8) is 0 Å². The monoisotopic (exact) mass is 355 g/mol. The Bertz CT molecular complexity index is 747. The van der Waals surface area contributed by atoms with Crippen LogP contribution in [0.4, 0.5) is 0 Å². The smallest absolute Gasteiger partial charge is 0.234 e. The summed E-state index contributed by atoms with van der Waals surface area (Å²) in [6.07, 6.45) is 2.07. The molecule has 1 unspecified atom stereocenters. The lowest BCUT2D eigenvalue weighted by Gasteiger charge is -2.21. The van der Waals surface area contributed by atoms with Crippen molar-refractivity contribution in [2.45, 2.75) is 52.9 Å². The fourth-order valence-electron chi connectivity index (χ4n) is 3.03. The lowest BCUT2D eigenvalue weighted by Crippen LogP contribution is -2.13. The van der Waals surface area contributed by atoms with Crippen molar-refractivity contribution in [2.75, 3.05) is 6.16 Å². The molecule has 0 aliphatic carbocycles. The number of hydrogen-bond donors (Lipinski definition) is 0. The van der Waals surface area contributed by atoms with Gasteiger partial charge in [-0.3, -0.25) is 0 Å². The van der Waals surface area contributed by atoms with Crippen LogP contribution in [0, 0.1) is 13.8 Å². The lowest BCUT2D eigenvalue weighted by atomic mass is 9.84. The van der Waals surface area contributed by atoms with Gasteiger partial charge in [-0.05, 0) is 54.4 Å². The second-order valence-electron chi connectivity index (χ2n) is 7.73. The third kappa shape index (κ3) is 5.09. The Morgan fingerprint density at radius 3 is 2.08 bits per heavy atom. The maximum absolute atomic E-state index is 12.7. The first-order chi connectivity index (χ1) is 11.7. The minimum atomic E-state index is -1.87. The predicted octanol–water partition coefficient (Wildman–Crippen LogP) is 6.20. The van der Waals surface area contributed by atoms with E-state index in [2.05, 4.69) is 45.0 Å². The molecule has 2 rings (SSSR count). The topological polar surface area (TPSA) is 34.1 Å². The summed E-state index contributed by atoms with van der Waals surface area (Å²) >= 11 is 0. The van der Waals surface area contributed by atoms with E-state index in [0.717, 1.165) is 24.0 Å². The lowest BCUT2D eigenvalue weighted by molar-refractivity contribution is 0.107. The van der Waals surface area contributed by atoms with Crippen molar-refractivity contribution in [3.8, 4) is 0 Å². The third-order valence-electron chi connectivity index (χ3n) is 4.51. The highest BCUT2D eigenvalue weighted by Crippen LogP contribution is 2.34. The Balaban J connectivity index is 2.08. The summed E-state index contributed by atoms with van der Waals surface area (Å²) in [5, 5.41) is 0. The van der Waals surface area contributed by atoms with E-state index >= 15 is 0 Å². The second-order valence-corrected chi connectivity index (χ2v) is 9.34. The zero-order valence-corrected chi connectivity index (χ0v) is 16.8. The Morgan fingerprint density at radius 1 is 1.00 bits per heavy atom. The minimum Gasteiger partial charge on any atom is -0.234 e. The Morgan fingerprint density at radius 2 is 1.56 bits per heavy atom. The average molecular weight is 355 g/mol. The van der Waals surface area contributed by atoms with Crippen LogP contribution in [0.25, 0.3) is 0 Å². The number of carbonyl (C=O) groups excluding carboxylic acids is 1. The van der Waals surface area contributed by atoms with Gasteiger partial charge in [0.25, 0.3) is 0 Å². The van der Waals surface area contributed by atoms with Crippen LogP contribution >= 0.6 is 7.80 Å². The number of benzene rings is 2. The van der Waals surface area contributed by atoms with Gasteiger partial charge in [-0.25, -0.2) is 4.79 Å². The molecule has 2 aromatic carbocycles. The number of carbonyl (C=O) groups is 1. The molecule has 0 fully saturated rings. The molecule has 0 heterocycles. The average Bonchev–Trinajstić information content (AvgIpc) is 2.54. The van der Waals surface area contributed by atoms with Gasteiger partial charge < -0.3 is 0 Å². The van der Waals surface area contributed by atoms with Crippen LogP contribution in [-0.2, 0) is 16.4 Å². The second kappa shape index (κ2) is 8.06. The molecule has 0 spiro atoms. The maximum atomic E-state index is 12.7. The minimum absolute atomic E-state index is 0.0367. The Labute approximate surface area is 152 Å². The molecular formula is C22H28O2P+. The van der Waals surface area contributed by atoms with Crippen molar-refractivity contribution in [1.82, 2.24) is 0 Å². The van der Waals surface area contributed by atoms with Gasteiger partial charge in [0.1, 0.15) is 0 Å². The molecule has 0 aliphatic heterocycles. The van der Waals surface area contributed by atoms with Gasteiger partial charge in [0.2, 0.25) is 0 Å². The highest BCUT2D eigenvalue weighted by Gasteiger charge is 2.32. The van der Waals surface area contributed by atoms with Gasteiger partial charge in [-0.1, -0.05) is 67.8 Å². The van der Waals surface area contributed by atoms with E-state index in [1.807, 2.05) is 32.0 Å². The molecule has 1 atom stereocenters. The number of aryl methyl sites for hydroxylation is 3. The van der Waals surface area contributed by atoms with E-state index in [0.29, 0.717) is 11.7 Å². The summed E-state index contributed by atoms with van der Waals surface area (Å²) in [5.74, 6) is 0. The first-order valence-corrected chi connectivity index (χ1v) is 10.3. The SMILES string of the molecule is Cc1cc(C(C)(C)C)cc(C)c1C(=O)[P+](=O)CCCc1ccccc1. The Hall–Kier alpha value is -1.79. The van der Waals surface area contributed by atoms with Crippen molar-refractivity contribution < 1.29 is 9.36 Å². The molecule has 0 bridgehead atoms. The molecule has 132 valence electrons. The first kappa shape index (κ1) is 19.5. The summed E-state index contributed by atoms with van der Waals surface area (Å²) in [4.78, 5) is 12.7. The molecule has 2 nitrogen and oxygen atoms in total. The van der Waals surface area contributed by atoms with Gasteiger partial charge in [0.05, 0.1) is 5.56 Å². The fraction of sp³-hybridized carbons (Fsp3) is 0.409. The zero-order chi connectivity index (χ0) is 18.6. The normalized spacial score (nSPS) is 12.1. The molecule has 0 saturated heterocycles. The van der Waals surface area contributed by atoms with Gasteiger partial charge >= 0.3 is 13.3 Å². The zero-order valence-electron chi connectivity index (χ0n) is 15.9. The van der Waals surface area contributed by atoms with Crippen LogP contribution in [0.5, 0.6) is 0 Å². The van der Waals surface area contributed by atoms with Crippen LogP contribution in [0.3, 0.4) is 0 Å². The van der Waals surface area contributed by atoms with Gasteiger partial charge in [0.15, 0.2) is 6.16 Å². The van der Waals surface area contributed by atoms with Crippen LogP contribution in [-0.4, -0.2) is 11.7 Å². The highest BCUT2D eigenvalue weighted by atomic mass is 31.1. The molecule has 0 amide bonds. The summed E-state index contributed by atoms with van der Waals surface area (Å²) in [6, 6.07) is 14.2. The summed E-state index contributed by atoms with van der Waals surface area (Å²) in [5.41, 5.74) is 4.78. The highest BCUT2D eigenvalue weighted by molar-refractivity contribution is 7.64. The summed E-state index contributed by atoms with van der Waals surface area (Å²) < 4.78 is 12.5. The van der Waals surface area contributed by atoms with E-state index < -0.39 is 7.80 Å². The van der Waals surface area contributed by atoms with Crippen LogP contribution in [0.1, 0.15) is 59.8 Å². The molecule has 0 aliphatic rings. The van der Waals surface area contributed by atoms with Crippen LogP contribution in [0.15, 0.2) is 42.5 Å². The molecular weight excluding hydrogens is 327 g/mol. The molecule has 25 heavy (non-hydrogen) atoms. The largest absolute Gasteiger partial charge is 0.420 e. The quantitative estimate of drug-likeness (QED) is 0.578. The number of hydrogen-bond acceptors (Lipinski definition) is 2. The molecule has 2 aromatic rings. The van der Waals surface area contributed by atoms with Crippen molar-refractivity contribution >= 4 is 13.3 Å². The number of rotatable bonds is 6. The van der Waals surface area contributed by atoms with Crippen molar-refractivity contribution in [2.24, 2.45) is 0 Å². The van der Waals surface area contributed by atoms with E-state index in [1.165, 1.54) is 11.1 Å². The molecule has 0 radical (unpaired) electrons. The van der Waals surface area contributed by atoms with Crippen LogP contribution in [0.2, 0.25) is 0 Å². The fourth-order valence-corrected chi connectivity index (χ4v) is 4.28. The maximum Gasteiger partial charge on any atom is 0.420 e. The van der Waals surface area contributed by atoms with Gasteiger partial charge in [-0.2, -0.15) is 0 Å². The molecule has 0 saturated carbocycles. The summed E-state index contributed by atoms with van der Waals surface area (Å²) in [6.45, 7) is 10.4. The van der Waals surface area contributed by atoms with E-state index in [4.69, 9.17) is 0 Å². The summed E-state index contributed by atoms with van der Waals surface area (Å²) in [7, 11) is -1.87. The molecule has 3 heteroatoms. The van der Waals surface area contributed by atoms with Crippen molar-refractivity contribution in [3.05, 3.63) is 70.3 Å². The molecule has 0 aromatic heterocycles. The van der Waals surface area contributed by atoms with Crippen molar-refractivity contribution in [1.29, 1.82) is 0 Å². The van der Waals surface area contributed by atoms with E-state index in [9.17, 15) is 9.36 Å².